The maximum Gasteiger partial charge on any atom is 0.312 e. The Kier molecular flexibility index (Phi) is 6.51. The number of hydrogen-bond acceptors (Lipinski definition) is 6. The number of ether oxygens (including phenoxy) is 2. The first kappa shape index (κ1) is 24.7. The van der Waals surface area contributed by atoms with Gasteiger partial charge in [-0.25, -0.2) is 0 Å². The largest absolute Gasteiger partial charge is 0.465 e. The number of nitrogens with zero attached hydrogens (tertiary/aromatic N) is 2. The van der Waals surface area contributed by atoms with Gasteiger partial charge in [0.25, 0.3) is 5.91 Å². The first-order valence-corrected chi connectivity index (χ1v) is 12.8. The summed E-state index contributed by atoms with van der Waals surface area (Å²) in [6.07, 6.45) is 8.70. The number of cyclic esters (lactones) is 1. The highest BCUT2D eigenvalue weighted by atomic mass is 16.6. The predicted octanol–water partition coefficient (Wildman–Crippen LogP) is 2.45. The molecule has 0 aromatic heterocycles. The van der Waals surface area contributed by atoms with Crippen LogP contribution in [0.3, 0.4) is 0 Å². The number of hydrogen-bond donors (Lipinski definition) is 1. The van der Waals surface area contributed by atoms with Gasteiger partial charge in [-0.3, -0.25) is 14.4 Å². The number of likely N-dealkylation sites (tertiary alicyclic amines) is 1. The van der Waals surface area contributed by atoms with Crippen molar-refractivity contribution in [3.8, 4) is 0 Å². The second-order valence-electron chi connectivity index (χ2n) is 10.2. The van der Waals surface area contributed by atoms with Crippen molar-refractivity contribution in [1.82, 2.24) is 4.90 Å². The summed E-state index contributed by atoms with van der Waals surface area (Å²) in [5.41, 5.74) is 1.40. The normalized spacial score (nSPS) is 33.6. The van der Waals surface area contributed by atoms with Crippen LogP contribution in [0.1, 0.15) is 37.3 Å². The van der Waals surface area contributed by atoms with Crippen LogP contribution in [0.4, 0.5) is 5.69 Å². The lowest BCUT2D eigenvalue weighted by Crippen LogP contribution is -2.58. The summed E-state index contributed by atoms with van der Waals surface area (Å²) in [4.78, 5) is 44.9. The summed E-state index contributed by atoms with van der Waals surface area (Å²) < 4.78 is 12.1. The number of carbonyl (C=O) groups is 3. The summed E-state index contributed by atoms with van der Waals surface area (Å²) in [6.45, 7) is 6.09. The van der Waals surface area contributed by atoms with Crippen LogP contribution in [0.5, 0.6) is 0 Å². The second-order valence-corrected chi connectivity index (χ2v) is 10.2. The number of esters is 1. The Balaban J connectivity index is 1.66. The fourth-order valence-corrected chi connectivity index (χ4v) is 6.23. The van der Waals surface area contributed by atoms with Gasteiger partial charge in [0, 0.05) is 12.2 Å². The number of carbonyl (C=O) groups excluding carboxylic acids is 3. The van der Waals surface area contributed by atoms with Crippen LogP contribution >= 0.6 is 0 Å². The molecule has 6 atom stereocenters. The Hall–Kier alpha value is -2.97. The maximum atomic E-state index is 14.4. The topological polar surface area (TPSA) is 96.4 Å². The molecular weight excluding hydrogens is 460 g/mol. The molecule has 2 fully saturated rings. The van der Waals surface area contributed by atoms with Gasteiger partial charge in [-0.15, -0.1) is 0 Å². The van der Waals surface area contributed by atoms with Gasteiger partial charge >= 0.3 is 5.97 Å². The van der Waals surface area contributed by atoms with E-state index in [9.17, 15) is 19.5 Å². The zero-order valence-corrected chi connectivity index (χ0v) is 21.1. The van der Waals surface area contributed by atoms with Crippen molar-refractivity contribution in [2.24, 2.45) is 11.8 Å². The first-order valence-electron chi connectivity index (χ1n) is 12.8. The summed E-state index contributed by atoms with van der Waals surface area (Å²) in [5.74, 6) is -2.88. The average Bonchev–Trinajstić information content (AvgIpc) is 3.27. The first-order chi connectivity index (χ1) is 17.3. The molecule has 1 aromatic rings. The maximum absolute atomic E-state index is 14.4. The van der Waals surface area contributed by atoms with E-state index >= 15 is 0 Å². The molecule has 1 unspecified atom stereocenters. The lowest BCUT2D eigenvalue weighted by Gasteiger charge is -2.38. The summed E-state index contributed by atoms with van der Waals surface area (Å²) in [7, 11) is 0. The van der Waals surface area contributed by atoms with Crippen molar-refractivity contribution in [3.63, 3.8) is 0 Å². The minimum Gasteiger partial charge on any atom is -0.465 e. The molecule has 0 aliphatic carbocycles. The lowest BCUT2D eigenvalue weighted by atomic mass is 9.78. The van der Waals surface area contributed by atoms with E-state index < -0.39 is 41.6 Å². The van der Waals surface area contributed by atoms with Gasteiger partial charge in [0.2, 0.25) is 5.91 Å². The van der Waals surface area contributed by atoms with Crippen molar-refractivity contribution in [2.45, 2.75) is 63.8 Å². The number of aliphatic hydroxyl groups is 1. The second kappa shape index (κ2) is 9.48. The van der Waals surface area contributed by atoms with Gasteiger partial charge in [0.05, 0.1) is 31.3 Å². The van der Waals surface area contributed by atoms with Crippen molar-refractivity contribution in [2.75, 3.05) is 24.7 Å². The van der Waals surface area contributed by atoms with Crippen LogP contribution < -0.4 is 4.90 Å². The molecule has 36 heavy (non-hydrogen) atoms. The van der Waals surface area contributed by atoms with E-state index in [0.717, 1.165) is 23.2 Å². The Morgan fingerprint density at radius 1 is 1.17 bits per heavy atom. The SMILES string of the molecule is CC[C@@H](CO)N1C(=O)[C@@H]2[C@@H]3C(=O)OCCC/C=C\[C@@H]3O[C@@]23C=CCN(c2cc(C)ccc2C)C(=O)C13. The summed E-state index contributed by atoms with van der Waals surface area (Å²) in [5, 5.41) is 10.2. The average molecular weight is 495 g/mol. The number of benzene rings is 1. The van der Waals surface area contributed by atoms with Crippen LogP contribution in [-0.2, 0) is 23.9 Å². The van der Waals surface area contributed by atoms with Gasteiger partial charge in [-0.1, -0.05) is 43.4 Å². The zero-order valence-electron chi connectivity index (χ0n) is 21.1. The highest BCUT2D eigenvalue weighted by Crippen LogP contribution is 2.54. The quantitative estimate of drug-likeness (QED) is 0.510. The summed E-state index contributed by atoms with van der Waals surface area (Å²) >= 11 is 0. The van der Waals surface area contributed by atoms with Crippen molar-refractivity contribution in [3.05, 3.63) is 53.6 Å². The van der Waals surface area contributed by atoms with Crippen LogP contribution in [0, 0.1) is 25.7 Å². The van der Waals surface area contributed by atoms with E-state index in [1.54, 1.807) is 4.90 Å². The van der Waals surface area contributed by atoms with Crippen LogP contribution in [-0.4, -0.2) is 71.3 Å². The van der Waals surface area contributed by atoms with E-state index in [0.29, 0.717) is 19.4 Å². The molecule has 4 aliphatic rings. The number of anilines is 1. The molecule has 5 rings (SSSR count). The highest BCUT2D eigenvalue weighted by Gasteiger charge is 2.72. The predicted molar refractivity (Wildman–Crippen MR) is 133 cm³/mol. The van der Waals surface area contributed by atoms with Crippen LogP contribution in [0.15, 0.2) is 42.5 Å². The minimum absolute atomic E-state index is 0.275. The number of aliphatic hydroxyl groups excluding tert-OH is 1. The highest BCUT2D eigenvalue weighted by molar-refractivity contribution is 6.06. The van der Waals surface area contributed by atoms with Gasteiger partial charge < -0.3 is 24.4 Å². The van der Waals surface area contributed by atoms with Crippen molar-refractivity contribution >= 4 is 23.5 Å². The Bertz CT molecular complexity index is 1130. The molecule has 8 heteroatoms. The molecule has 1 spiro atoms. The van der Waals surface area contributed by atoms with Gasteiger partial charge in [-0.05, 0) is 50.3 Å². The smallest absolute Gasteiger partial charge is 0.312 e. The number of rotatable bonds is 4. The fraction of sp³-hybridized carbons (Fsp3) is 0.536. The lowest BCUT2D eigenvalue weighted by molar-refractivity contribution is -0.155. The molecule has 192 valence electrons. The van der Waals surface area contributed by atoms with Gasteiger partial charge in [0.1, 0.15) is 17.6 Å². The molecule has 8 nitrogen and oxygen atoms in total. The zero-order chi connectivity index (χ0) is 25.6. The Morgan fingerprint density at radius 3 is 2.72 bits per heavy atom. The standard InChI is InChI=1S/C28H34N2O6/c1-4-19(16-31)30-24-26(33)29(20-15-17(2)10-11-18(20)3)13-8-12-28(24)23(25(30)32)22-21(36-28)9-6-5-7-14-35-27(22)34/h6,8-12,15,19,21-24,31H,4-5,7,13-14,16H2,1-3H3/b9-6-/t19-,21-,22+,23-,24?,28-/m0/s1. The number of allylic oxidation sites excluding steroid dienone is 1. The Morgan fingerprint density at radius 2 is 1.97 bits per heavy atom. The molecule has 0 radical (unpaired) electrons. The molecule has 4 aliphatic heterocycles. The van der Waals surface area contributed by atoms with Crippen molar-refractivity contribution in [1.29, 1.82) is 0 Å². The Labute approximate surface area is 211 Å². The van der Waals surface area contributed by atoms with E-state index in [2.05, 4.69) is 0 Å². The van der Waals surface area contributed by atoms with E-state index in [1.165, 1.54) is 4.90 Å². The van der Waals surface area contributed by atoms with E-state index in [-0.39, 0.29) is 25.0 Å². The molecular formula is C28H34N2O6. The monoisotopic (exact) mass is 494 g/mol. The van der Waals surface area contributed by atoms with E-state index in [1.807, 2.05) is 63.3 Å². The molecule has 2 saturated heterocycles. The third-order valence-corrected chi connectivity index (χ3v) is 8.02. The molecule has 0 bridgehead atoms. The molecule has 0 saturated carbocycles. The van der Waals surface area contributed by atoms with Crippen molar-refractivity contribution < 1.29 is 29.0 Å². The molecule has 4 heterocycles. The minimum atomic E-state index is -1.33. The third-order valence-electron chi connectivity index (χ3n) is 8.02. The molecule has 1 N–H and O–H groups in total. The van der Waals surface area contributed by atoms with Gasteiger partial charge in [0.15, 0.2) is 0 Å². The van der Waals surface area contributed by atoms with Crippen LogP contribution in [0.25, 0.3) is 0 Å². The third kappa shape index (κ3) is 3.69. The fourth-order valence-electron chi connectivity index (χ4n) is 6.23. The number of fused-ring (bicyclic) bond motifs is 2. The number of amides is 2. The number of aryl methyl sites for hydroxylation is 2. The summed E-state index contributed by atoms with van der Waals surface area (Å²) in [6, 6.07) is 4.35. The van der Waals surface area contributed by atoms with Crippen LogP contribution in [0.2, 0.25) is 0 Å². The molecule has 2 amide bonds. The molecule has 1 aromatic carbocycles. The van der Waals surface area contributed by atoms with Gasteiger partial charge in [-0.2, -0.15) is 0 Å². The van der Waals surface area contributed by atoms with E-state index in [4.69, 9.17) is 9.47 Å².